The highest BCUT2D eigenvalue weighted by Crippen LogP contribution is 2.18. The maximum Gasteiger partial charge on any atom is 0.323 e. The number of anilines is 2. The molecule has 1 unspecified atom stereocenters. The van der Waals surface area contributed by atoms with Gasteiger partial charge in [-0.25, -0.2) is 9.79 Å². The first kappa shape index (κ1) is 18.7. The molecule has 0 aromatic heterocycles. The third kappa shape index (κ3) is 5.80. The zero-order valence-corrected chi connectivity index (χ0v) is 13.8. The predicted molar refractivity (Wildman–Crippen MR) is 100 cm³/mol. The number of rotatable bonds is 6. The van der Waals surface area contributed by atoms with Crippen molar-refractivity contribution in [2.75, 3.05) is 10.6 Å². The van der Waals surface area contributed by atoms with Crippen LogP contribution in [0.3, 0.4) is 0 Å². The van der Waals surface area contributed by atoms with Crippen molar-refractivity contribution in [3.8, 4) is 0 Å². The van der Waals surface area contributed by atoms with Crippen molar-refractivity contribution in [1.29, 1.82) is 0 Å². The van der Waals surface area contributed by atoms with Crippen molar-refractivity contribution < 1.29 is 14.7 Å². The van der Waals surface area contributed by atoms with Gasteiger partial charge in [-0.15, -0.1) is 0 Å². The SMILES string of the molecule is NC(N)=Nc1cccc(NC(=O)Nc2ccc(CC(N)C(=O)O)cc2)c1. The Hall–Kier alpha value is -3.59. The zero-order valence-electron chi connectivity index (χ0n) is 13.8. The second kappa shape index (κ2) is 8.49. The summed E-state index contributed by atoms with van der Waals surface area (Å²) in [4.78, 5) is 26.7. The highest BCUT2D eigenvalue weighted by atomic mass is 16.4. The van der Waals surface area contributed by atoms with E-state index in [-0.39, 0.29) is 12.4 Å². The van der Waals surface area contributed by atoms with Crippen molar-refractivity contribution in [3.63, 3.8) is 0 Å². The van der Waals surface area contributed by atoms with Crippen LogP contribution >= 0.6 is 0 Å². The Balaban J connectivity index is 1.95. The summed E-state index contributed by atoms with van der Waals surface area (Å²) in [5.74, 6) is -1.14. The third-order valence-electron chi connectivity index (χ3n) is 3.35. The second-order valence-electron chi connectivity index (χ2n) is 5.51. The maximum absolute atomic E-state index is 12.1. The molecule has 0 radical (unpaired) electrons. The fourth-order valence-electron chi connectivity index (χ4n) is 2.16. The quantitative estimate of drug-likeness (QED) is 0.335. The number of aliphatic carboxylic acids is 1. The largest absolute Gasteiger partial charge is 0.480 e. The molecule has 2 amide bonds. The highest BCUT2D eigenvalue weighted by molar-refractivity contribution is 6.00. The molecule has 9 N–H and O–H groups in total. The van der Waals surface area contributed by atoms with Crippen LogP contribution in [0.5, 0.6) is 0 Å². The molecule has 9 nitrogen and oxygen atoms in total. The first-order valence-corrected chi connectivity index (χ1v) is 7.68. The number of carboxylic acid groups (broad SMARTS) is 1. The van der Waals surface area contributed by atoms with E-state index in [9.17, 15) is 9.59 Å². The van der Waals surface area contributed by atoms with E-state index in [1.54, 1.807) is 48.5 Å². The summed E-state index contributed by atoms with van der Waals surface area (Å²) >= 11 is 0. The normalized spacial score (nSPS) is 11.3. The molecule has 136 valence electrons. The zero-order chi connectivity index (χ0) is 19.1. The van der Waals surface area contributed by atoms with E-state index in [2.05, 4.69) is 15.6 Å². The minimum absolute atomic E-state index is 0.0747. The van der Waals surface area contributed by atoms with Crippen LogP contribution in [0.25, 0.3) is 0 Å². The van der Waals surface area contributed by atoms with Gasteiger partial charge in [-0.05, 0) is 42.3 Å². The van der Waals surface area contributed by atoms with Gasteiger partial charge < -0.3 is 32.9 Å². The van der Waals surface area contributed by atoms with Gasteiger partial charge in [-0.1, -0.05) is 18.2 Å². The number of nitrogens with two attached hydrogens (primary N) is 3. The number of benzene rings is 2. The fraction of sp³-hybridized carbons (Fsp3) is 0.118. The molecule has 9 heteroatoms. The van der Waals surface area contributed by atoms with Gasteiger partial charge in [0.25, 0.3) is 0 Å². The summed E-state index contributed by atoms with van der Waals surface area (Å²) in [6, 6.07) is 12.1. The lowest BCUT2D eigenvalue weighted by Gasteiger charge is -2.10. The lowest BCUT2D eigenvalue weighted by molar-refractivity contribution is -0.138. The minimum atomic E-state index is -1.06. The van der Waals surface area contributed by atoms with E-state index in [0.717, 1.165) is 5.56 Å². The number of urea groups is 1. The summed E-state index contributed by atoms with van der Waals surface area (Å²) < 4.78 is 0. The number of carboxylic acids is 1. The van der Waals surface area contributed by atoms with Gasteiger partial charge in [0.2, 0.25) is 0 Å². The lowest BCUT2D eigenvalue weighted by atomic mass is 10.1. The first-order chi connectivity index (χ1) is 12.3. The number of amides is 2. The van der Waals surface area contributed by atoms with Crippen molar-refractivity contribution in [2.24, 2.45) is 22.2 Å². The van der Waals surface area contributed by atoms with Crippen LogP contribution in [0.4, 0.5) is 21.9 Å². The molecule has 0 aliphatic rings. The smallest absolute Gasteiger partial charge is 0.323 e. The standard InChI is InChI=1S/C17H20N6O3/c18-14(15(24)25)8-10-4-6-11(7-5-10)22-17(26)23-13-3-1-2-12(9-13)21-16(19)20/h1-7,9,14H,8,18H2,(H,24,25)(H4,19,20,21)(H2,22,23,26). The van der Waals surface area contributed by atoms with Gasteiger partial charge in [0.15, 0.2) is 5.96 Å². The van der Waals surface area contributed by atoms with E-state index in [0.29, 0.717) is 17.1 Å². The van der Waals surface area contributed by atoms with Gasteiger partial charge in [-0.3, -0.25) is 4.79 Å². The Kier molecular flexibility index (Phi) is 6.12. The molecule has 0 aliphatic carbocycles. The van der Waals surface area contributed by atoms with Crippen LogP contribution in [0.1, 0.15) is 5.56 Å². The fourth-order valence-corrected chi connectivity index (χ4v) is 2.16. The molecule has 0 saturated carbocycles. The van der Waals surface area contributed by atoms with Crippen molar-refractivity contribution in [2.45, 2.75) is 12.5 Å². The van der Waals surface area contributed by atoms with Gasteiger partial charge in [0.1, 0.15) is 6.04 Å². The topological polar surface area (TPSA) is 169 Å². The van der Waals surface area contributed by atoms with E-state index < -0.39 is 18.0 Å². The number of hydrogen-bond donors (Lipinski definition) is 6. The molecule has 2 rings (SSSR count). The van der Waals surface area contributed by atoms with E-state index in [4.69, 9.17) is 22.3 Å². The predicted octanol–water partition coefficient (Wildman–Crippen LogP) is 1.19. The van der Waals surface area contributed by atoms with E-state index in [1.165, 1.54) is 0 Å². The Labute approximate surface area is 149 Å². The Morgan fingerprint density at radius 3 is 2.31 bits per heavy atom. The molecule has 0 bridgehead atoms. The Bertz CT molecular complexity index is 816. The summed E-state index contributed by atoms with van der Waals surface area (Å²) in [5.41, 5.74) is 18.5. The summed E-state index contributed by atoms with van der Waals surface area (Å²) in [6.07, 6.45) is 0.208. The third-order valence-corrected chi connectivity index (χ3v) is 3.35. The lowest BCUT2D eigenvalue weighted by Crippen LogP contribution is -2.32. The maximum atomic E-state index is 12.1. The molecule has 26 heavy (non-hydrogen) atoms. The Morgan fingerprint density at radius 1 is 1.04 bits per heavy atom. The molecule has 1 atom stereocenters. The average molecular weight is 356 g/mol. The Morgan fingerprint density at radius 2 is 1.69 bits per heavy atom. The molecule has 2 aromatic carbocycles. The van der Waals surface area contributed by atoms with Gasteiger partial charge in [0.05, 0.1) is 5.69 Å². The number of nitrogens with one attached hydrogen (secondary N) is 2. The summed E-state index contributed by atoms with van der Waals surface area (Å²) in [6.45, 7) is 0. The number of carbonyl (C=O) groups excluding carboxylic acids is 1. The molecule has 0 heterocycles. The molecule has 0 fully saturated rings. The molecule has 0 saturated heterocycles. The van der Waals surface area contributed by atoms with E-state index in [1.807, 2.05) is 0 Å². The highest BCUT2D eigenvalue weighted by Gasteiger charge is 2.12. The monoisotopic (exact) mass is 356 g/mol. The summed E-state index contributed by atoms with van der Waals surface area (Å²) in [5, 5.41) is 14.2. The van der Waals surface area contributed by atoms with Crippen LogP contribution in [0, 0.1) is 0 Å². The number of aliphatic imine (C=N–C) groups is 1. The second-order valence-corrected chi connectivity index (χ2v) is 5.51. The molecule has 0 aliphatic heterocycles. The molecular formula is C17H20N6O3. The number of carbonyl (C=O) groups is 2. The van der Waals surface area contributed by atoms with Crippen molar-refractivity contribution >= 4 is 35.0 Å². The van der Waals surface area contributed by atoms with Crippen molar-refractivity contribution in [1.82, 2.24) is 0 Å². The summed E-state index contributed by atoms with van der Waals surface area (Å²) in [7, 11) is 0. The number of guanidine groups is 1. The van der Waals surface area contributed by atoms with E-state index >= 15 is 0 Å². The van der Waals surface area contributed by atoms with Gasteiger partial charge in [-0.2, -0.15) is 0 Å². The van der Waals surface area contributed by atoms with Crippen LogP contribution < -0.4 is 27.8 Å². The van der Waals surface area contributed by atoms with Crippen LogP contribution in [0.15, 0.2) is 53.5 Å². The molecular weight excluding hydrogens is 336 g/mol. The van der Waals surface area contributed by atoms with Crippen molar-refractivity contribution in [3.05, 3.63) is 54.1 Å². The minimum Gasteiger partial charge on any atom is -0.480 e. The van der Waals surface area contributed by atoms with Crippen LogP contribution in [-0.4, -0.2) is 29.1 Å². The molecule has 2 aromatic rings. The first-order valence-electron chi connectivity index (χ1n) is 7.68. The van der Waals surface area contributed by atoms with Crippen LogP contribution in [0.2, 0.25) is 0 Å². The molecule has 0 spiro atoms. The number of hydrogen-bond acceptors (Lipinski definition) is 4. The average Bonchev–Trinajstić information content (AvgIpc) is 2.56. The van der Waals surface area contributed by atoms with Gasteiger partial charge >= 0.3 is 12.0 Å². The van der Waals surface area contributed by atoms with Gasteiger partial charge in [0, 0.05) is 11.4 Å². The van der Waals surface area contributed by atoms with Crippen LogP contribution in [-0.2, 0) is 11.2 Å². The number of nitrogens with zero attached hydrogens (tertiary/aromatic N) is 1.